The van der Waals surface area contributed by atoms with Crippen LogP contribution in [0.3, 0.4) is 0 Å². The van der Waals surface area contributed by atoms with Gasteiger partial charge in [0.1, 0.15) is 6.10 Å². The molecule has 3 amide bonds. The van der Waals surface area contributed by atoms with Gasteiger partial charge in [-0.05, 0) is 63.0 Å². The highest BCUT2D eigenvalue weighted by Gasteiger charge is 2.33. The van der Waals surface area contributed by atoms with Crippen molar-refractivity contribution in [1.29, 1.82) is 0 Å². The maximum absolute atomic E-state index is 12.6. The van der Waals surface area contributed by atoms with Crippen molar-refractivity contribution in [3.05, 3.63) is 29.8 Å². The molecule has 33 heavy (non-hydrogen) atoms. The van der Waals surface area contributed by atoms with E-state index in [0.717, 1.165) is 31.8 Å². The van der Waals surface area contributed by atoms with Gasteiger partial charge in [0.25, 0.3) is 0 Å². The summed E-state index contributed by atoms with van der Waals surface area (Å²) in [6.07, 6.45) is -1.88. The molecule has 1 aromatic rings. The van der Waals surface area contributed by atoms with Gasteiger partial charge in [0, 0.05) is 18.8 Å². The van der Waals surface area contributed by atoms with Crippen LogP contribution in [-0.2, 0) is 15.7 Å². The highest BCUT2D eigenvalue weighted by molar-refractivity contribution is 5.89. The predicted octanol–water partition coefficient (Wildman–Crippen LogP) is 2.34. The molecule has 0 spiro atoms. The molecule has 0 unspecified atom stereocenters. The summed E-state index contributed by atoms with van der Waals surface area (Å²) in [4.78, 5) is 26.8. The molecule has 1 aromatic carbocycles. The van der Waals surface area contributed by atoms with Crippen molar-refractivity contribution in [2.45, 2.75) is 56.5 Å². The van der Waals surface area contributed by atoms with Crippen LogP contribution in [0.15, 0.2) is 24.3 Å². The van der Waals surface area contributed by atoms with Gasteiger partial charge in [-0.2, -0.15) is 13.2 Å². The number of likely N-dealkylation sites (tertiary alicyclic amines) is 1. The van der Waals surface area contributed by atoms with Gasteiger partial charge >= 0.3 is 12.2 Å². The molecular weight excluding hydrogens is 441 g/mol. The molecule has 2 aliphatic rings. The number of nitrogens with one attached hydrogen (secondary N) is 3. The SMILES string of the molecule is O=C(C[C@H]1CC[C@H](NC(=O)Nc2ccc(C(F)(F)F)cc2)[C@H](CO)O1)NCCN1CCCC1. The number of nitrogens with zero attached hydrogens (tertiary/aromatic N) is 1. The van der Waals surface area contributed by atoms with Gasteiger partial charge in [-0.15, -0.1) is 0 Å². The van der Waals surface area contributed by atoms with E-state index in [9.17, 15) is 27.9 Å². The van der Waals surface area contributed by atoms with Crippen molar-refractivity contribution >= 4 is 17.6 Å². The predicted molar refractivity (Wildman–Crippen MR) is 116 cm³/mol. The molecule has 2 saturated heterocycles. The number of alkyl halides is 3. The summed E-state index contributed by atoms with van der Waals surface area (Å²) in [5, 5.41) is 17.7. The number of benzene rings is 1. The quantitative estimate of drug-likeness (QED) is 0.465. The first-order chi connectivity index (χ1) is 15.7. The minimum absolute atomic E-state index is 0.109. The second kappa shape index (κ2) is 11.7. The van der Waals surface area contributed by atoms with Crippen molar-refractivity contribution < 1.29 is 32.6 Å². The number of aliphatic hydroxyl groups excluding tert-OH is 1. The normalized spacial score (nSPS) is 23.8. The molecule has 0 saturated carbocycles. The van der Waals surface area contributed by atoms with Crippen molar-refractivity contribution in [2.24, 2.45) is 0 Å². The summed E-state index contributed by atoms with van der Waals surface area (Å²) < 4.78 is 43.7. The Morgan fingerprint density at radius 1 is 1.12 bits per heavy atom. The van der Waals surface area contributed by atoms with E-state index in [4.69, 9.17) is 4.74 Å². The van der Waals surface area contributed by atoms with Crippen LogP contribution in [0.1, 0.15) is 37.7 Å². The third-order valence-electron chi connectivity index (χ3n) is 5.94. The zero-order valence-corrected chi connectivity index (χ0v) is 18.4. The maximum atomic E-state index is 12.6. The number of urea groups is 1. The zero-order valence-electron chi connectivity index (χ0n) is 18.4. The fourth-order valence-electron chi connectivity index (χ4n) is 4.16. The lowest BCUT2D eigenvalue weighted by atomic mass is 9.97. The Balaban J connectivity index is 1.40. The molecule has 2 fully saturated rings. The van der Waals surface area contributed by atoms with Crippen LogP contribution in [0.4, 0.5) is 23.7 Å². The average molecular weight is 473 g/mol. The fourth-order valence-corrected chi connectivity index (χ4v) is 4.16. The minimum atomic E-state index is -4.45. The summed E-state index contributed by atoms with van der Waals surface area (Å²) in [6, 6.07) is 3.01. The van der Waals surface area contributed by atoms with Gasteiger partial charge in [0.05, 0.1) is 30.7 Å². The molecule has 2 heterocycles. The van der Waals surface area contributed by atoms with E-state index in [0.29, 0.717) is 19.4 Å². The van der Waals surface area contributed by atoms with Crippen LogP contribution in [0.2, 0.25) is 0 Å². The molecule has 11 heteroatoms. The molecule has 3 atom stereocenters. The molecule has 0 radical (unpaired) electrons. The Hall–Kier alpha value is -2.37. The summed E-state index contributed by atoms with van der Waals surface area (Å²) in [5.41, 5.74) is -0.595. The van der Waals surface area contributed by atoms with Gasteiger partial charge in [-0.3, -0.25) is 4.79 Å². The molecular formula is C22H31F3N4O4. The molecule has 0 aliphatic carbocycles. The Labute approximate surface area is 190 Å². The number of amides is 3. The van der Waals surface area contributed by atoms with Gasteiger partial charge < -0.3 is 30.7 Å². The second-order valence-electron chi connectivity index (χ2n) is 8.44. The topological polar surface area (TPSA) is 103 Å². The Kier molecular flexibility index (Phi) is 8.93. The minimum Gasteiger partial charge on any atom is -0.394 e. The number of hydrogen-bond acceptors (Lipinski definition) is 5. The van der Waals surface area contributed by atoms with Gasteiger partial charge in [-0.25, -0.2) is 4.79 Å². The van der Waals surface area contributed by atoms with Crippen LogP contribution in [-0.4, -0.2) is 73.0 Å². The third-order valence-corrected chi connectivity index (χ3v) is 5.94. The number of halogens is 3. The van der Waals surface area contributed by atoms with E-state index in [2.05, 4.69) is 20.9 Å². The molecule has 0 bridgehead atoms. The molecule has 4 N–H and O–H groups in total. The fraction of sp³-hybridized carbons (Fsp3) is 0.636. The van der Waals surface area contributed by atoms with E-state index in [1.54, 1.807) is 0 Å². The lowest BCUT2D eigenvalue weighted by molar-refractivity contribution is -0.137. The van der Waals surface area contributed by atoms with Gasteiger partial charge in [-0.1, -0.05) is 0 Å². The molecule has 2 aliphatic heterocycles. The van der Waals surface area contributed by atoms with Crippen LogP contribution in [0.5, 0.6) is 0 Å². The van der Waals surface area contributed by atoms with Crippen molar-refractivity contribution in [2.75, 3.05) is 38.1 Å². The Morgan fingerprint density at radius 2 is 1.82 bits per heavy atom. The number of hydrogen-bond donors (Lipinski definition) is 4. The van der Waals surface area contributed by atoms with E-state index < -0.39 is 29.9 Å². The number of ether oxygens (including phenoxy) is 1. The largest absolute Gasteiger partial charge is 0.416 e. The Bertz CT molecular complexity index is 785. The highest BCUT2D eigenvalue weighted by Crippen LogP contribution is 2.30. The van der Waals surface area contributed by atoms with Gasteiger partial charge in [0.15, 0.2) is 0 Å². The first kappa shape index (κ1) is 25.3. The van der Waals surface area contributed by atoms with Crippen molar-refractivity contribution in [3.63, 3.8) is 0 Å². The van der Waals surface area contributed by atoms with Crippen LogP contribution in [0.25, 0.3) is 0 Å². The summed E-state index contributed by atoms with van der Waals surface area (Å²) >= 11 is 0. The third kappa shape index (κ3) is 7.86. The van der Waals surface area contributed by atoms with E-state index in [1.807, 2.05) is 0 Å². The maximum Gasteiger partial charge on any atom is 0.416 e. The monoisotopic (exact) mass is 472 g/mol. The summed E-state index contributed by atoms with van der Waals surface area (Å²) in [6.45, 7) is 3.22. The van der Waals surface area contributed by atoms with E-state index >= 15 is 0 Å². The smallest absolute Gasteiger partial charge is 0.394 e. The first-order valence-electron chi connectivity index (χ1n) is 11.2. The molecule has 8 nitrogen and oxygen atoms in total. The number of carbonyl (C=O) groups is 2. The van der Waals surface area contributed by atoms with Crippen LogP contribution >= 0.6 is 0 Å². The Morgan fingerprint density at radius 3 is 2.45 bits per heavy atom. The number of anilines is 1. The average Bonchev–Trinajstić information content (AvgIpc) is 3.28. The van der Waals surface area contributed by atoms with Crippen molar-refractivity contribution in [1.82, 2.24) is 15.5 Å². The lowest BCUT2D eigenvalue weighted by Crippen LogP contribution is -2.52. The molecule has 184 valence electrons. The zero-order chi connectivity index (χ0) is 23.8. The van der Waals surface area contributed by atoms with Crippen molar-refractivity contribution in [3.8, 4) is 0 Å². The standard InChI is InChI=1S/C22H31F3N4O4/c23-22(24,25)15-3-5-16(6-4-15)27-21(32)28-18-8-7-17(33-19(18)14-30)13-20(31)26-9-12-29-10-1-2-11-29/h3-6,17-19,30H,1-2,7-14H2,(H,26,31)(H2,27,28,32)/t17-,18+,19+/m1/s1. The number of rotatable bonds is 8. The highest BCUT2D eigenvalue weighted by atomic mass is 19.4. The number of aliphatic hydroxyl groups is 1. The molecule has 3 rings (SSSR count). The number of carbonyl (C=O) groups excluding carboxylic acids is 2. The first-order valence-corrected chi connectivity index (χ1v) is 11.2. The lowest BCUT2D eigenvalue weighted by Gasteiger charge is -2.36. The van der Waals surface area contributed by atoms with E-state index in [1.165, 1.54) is 25.0 Å². The summed E-state index contributed by atoms with van der Waals surface area (Å²) in [5.74, 6) is -0.109. The van der Waals surface area contributed by atoms with E-state index in [-0.39, 0.29) is 30.7 Å². The van der Waals surface area contributed by atoms with Crippen LogP contribution in [0, 0.1) is 0 Å². The second-order valence-corrected chi connectivity index (χ2v) is 8.44. The van der Waals surface area contributed by atoms with Gasteiger partial charge in [0.2, 0.25) is 5.91 Å². The molecule has 0 aromatic heterocycles. The summed E-state index contributed by atoms with van der Waals surface area (Å²) in [7, 11) is 0. The van der Waals surface area contributed by atoms with Crippen LogP contribution < -0.4 is 16.0 Å².